The molecule has 0 amide bonds. The summed E-state index contributed by atoms with van der Waals surface area (Å²) >= 11 is 0. The van der Waals surface area contributed by atoms with Gasteiger partial charge in [0, 0.05) is 6.42 Å². The Hall–Kier alpha value is -0.860. The lowest BCUT2D eigenvalue weighted by Gasteiger charge is -2.03. The highest BCUT2D eigenvalue weighted by molar-refractivity contribution is 5.69. The van der Waals surface area contributed by atoms with Crippen LogP contribution in [-0.4, -0.2) is 17.4 Å². The van der Waals surface area contributed by atoms with Crippen LogP contribution in [0.15, 0.2) is 0 Å². The zero-order chi connectivity index (χ0) is 8.69. The Labute approximate surface area is 66.4 Å². The summed E-state index contributed by atoms with van der Waals surface area (Å²) in [5.74, 6) is -1.03. The van der Waals surface area contributed by atoms with Gasteiger partial charge < -0.3 is 9.90 Å². The van der Waals surface area contributed by atoms with E-state index in [0.29, 0.717) is 12.8 Å². The number of hydrogen-bond donors (Lipinski definition) is 1. The standard InChI is InChI=1S/C8H14O3/c1-7(8(10)11)5-3-2-4-6-9/h6-7H,2-5H2,1H3,(H,10,11). The molecule has 0 saturated carbocycles. The van der Waals surface area contributed by atoms with Crippen molar-refractivity contribution in [3.63, 3.8) is 0 Å². The van der Waals surface area contributed by atoms with Crippen molar-refractivity contribution < 1.29 is 14.7 Å². The van der Waals surface area contributed by atoms with E-state index >= 15 is 0 Å². The van der Waals surface area contributed by atoms with Gasteiger partial charge in [-0.05, 0) is 12.8 Å². The SMILES string of the molecule is CC(CCCCC=O)C(=O)O. The van der Waals surface area contributed by atoms with E-state index in [9.17, 15) is 9.59 Å². The predicted octanol–water partition coefficient (Wildman–Crippen LogP) is 1.47. The molecule has 0 bridgehead atoms. The van der Waals surface area contributed by atoms with E-state index in [2.05, 4.69) is 0 Å². The van der Waals surface area contributed by atoms with Crippen molar-refractivity contribution in [3.8, 4) is 0 Å². The quantitative estimate of drug-likeness (QED) is 0.470. The van der Waals surface area contributed by atoms with Gasteiger partial charge >= 0.3 is 5.97 Å². The van der Waals surface area contributed by atoms with Gasteiger partial charge in [-0.3, -0.25) is 4.79 Å². The molecule has 1 N–H and O–H groups in total. The minimum atomic E-state index is -0.754. The van der Waals surface area contributed by atoms with Crippen LogP contribution in [0, 0.1) is 5.92 Å². The topological polar surface area (TPSA) is 54.4 Å². The minimum absolute atomic E-state index is 0.276. The van der Waals surface area contributed by atoms with E-state index < -0.39 is 5.97 Å². The first kappa shape index (κ1) is 10.1. The summed E-state index contributed by atoms with van der Waals surface area (Å²) in [4.78, 5) is 20.2. The Morgan fingerprint density at radius 1 is 1.55 bits per heavy atom. The Balaban J connectivity index is 3.24. The van der Waals surface area contributed by atoms with E-state index in [1.807, 2.05) is 0 Å². The second-order valence-electron chi connectivity index (χ2n) is 2.69. The molecular formula is C8H14O3. The van der Waals surface area contributed by atoms with Crippen LogP contribution in [0.25, 0.3) is 0 Å². The molecule has 0 saturated heterocycles. The van der Waals surface area contributed by atoms with Crippen LogP contribution in [0.4, 0.5) is 0 Å². The van der Waals surface area contributed by atoms with Gasteiger partial charge in [-0.1, -0.05) is 13.3 Å². The highest BCUT2D eigenvalue weighted by atomic mass is 16.4. The molecule has 1 atom stereocenters. The van der Waals surface area contributed by atoms with E-state index in [4.69, 9.17) is 5.11 Å². The molecule has 0 aromatic carbocycles. The fourth-order valence-corrected chi connectivity index (χ4v) is 0.802. The maximum Gasteiger partial charge on any atom is 0.306 e. The van der Waals surface area contributed by atoms with Crippen LogP contribution in [0.1, 0.15) is 32.6 Å². The largest absolute Gasteiger partial charge is 0.481 e. The first-order chi connectivity index (χ1) is 5.18. The number of carboxylic acids is 1. The molecule has 0 heterocycles. The van der Waals surface area contributed by atoms with Crippen molar-refractivity contribution in [3.05, 3.63) is 0 Å². The molecule has 0 radical (unpaired) electrons. The monoisotopic (exact) mass is 158 g/mol. The number of rotatable bonds is 6. The molecule has 3 heteroatoms. The maximum atomic E-state index is 10.3. The number of carboxylic acid groups (broad SMARTS) is 1. The molecule has 64 valence electrons. The molecule has 0 aromatic heterocycles. The van der Waals surface area contributed by atoms with Crippen LogP contribution >= 0.6 is 0 Å². The lowest BCUT2D eigenvalue weighted by atomic mass is 10.0. The summed E-state index contributed by atoms with van der Waals surface area (Å²) < 4.78 is 0. The summed E-state index contributed by atoms with van der Waals surface area (Å²) in [7, 11) is 0. The van der Waals surface area contributed by atoms with Gasteiger partial charge in [0.25, 0.3) is 0 Å². The van der Waals surface area contributed by atoms with E-state index in [1.165, 1.54) is 0 Å². The van der Waals surface area contributed by atoms with Crippen molar-refractivity contribution in [2.75, 3.05) is 0 Å². The second kappa shape index (κ2) is 5.89. The molecule has 0 aliphatic rings. The molecule has 1 unspecified atom stereocenters. The number of hydrogen-bond acceptors (Lipinski definition) is 2. The molecule has 0 rings (SSSR count). The first-order valence-electron chi connectivity index (χ1n) is 3.85. The minimum Gasteiger partial charge on any atom is -0.481 e. The molecule has 0 aliphatic carbocycles. The Morgan fingerprint density at radius 3 is 2.64 bits per heavy atom. The molecule has 11 heavy (non-hydrogen) atoms. The summed E-state index contributed by atoms with van der Waals surface area (Å²) in [5.41, 5.74) is 0. The summed E-state index contributed by atoms with van der Waals surface area (Å²) in [5, 5.41) is 8.47. The molecular weight excluding hydrogens is 144 g/mol. The first-order valence-corrected chi connectivity index (χ1v) is 3.85. The highest BCUT2D eigenvalue weighted by Crippen LogP contribution is 2.08. The number of aliphatic carboxylic acids is 1. The number of carbonyl (C=O) groups is 2. The van der Waals surface area contributed by atoms with Crippen molar-refractivity contribution >= 4 is 12.3 Å². The number of unbranched alkanes of at least 4 members (excludes halogenated alkanes) is 2. The van der Waals surface area contributed by atoms with Crippen LogP contribution in [0.2, 0.25) is 0 Å². The average Bonchev–Trinajstić information content (AvgIpc) is 1.97. The van der Waals surface area contributed by atoms with Crippen molar-refractivity contribution in [2.24, 2.45) is 5.92 Å². The van der Waals surface area contributed by atoms with Gasteiger partial charge in [0.15, 0.2) is 0 Å². The fourth-order valence-electron chi connectivity index (χ4n) is 0.802. The van der Waals surface area contributed by atoms with Crippen molar-refractivity contribution in [1.82, 2.24) is 0 Å². The van der Waals surface area contributed by atoms with Crippen molar-refractivity contribution in [1.29, 1.82) is 0 Å². The molecule has 0 aliphatic heterocycles. The van der Waals surface area contributed by atoms with Gasteiger partial charge in [0.05, 0.1) is 5.92 Å². The van der Waals surface area contributed by atoms with Gasteiger partial charge in [-0.15, -0.1) is 0 Å². The van der Waals surface area contributed by atoms with Gasteiger partial charge in [0.1, 0.15) is 6.29 Å². The van der Waals surface area contributed by atoms with E-state index in [0.717, 1.165) is 19.1 Å². The third kappa shape index (κ3) is 5.58. The predicted molar refractivity (Wildman–Crippen MR) is 41.3 cm³/mol. The smallest absolute Gasteiger partial charge is 0.306 e. The molecule has 0 aromatic rings. The average molecular weight is 158 g/mol. The van der Waals surface area contributed by atoms with E-state index in [-0.39, 0.29) is 5.92 Å². The van der Waals surface area contributed by atoms with Crippen LogP contribution in [0.3, 0.4) is 0 Å². The lowest BCUT2D eigenvalue weighted by molar-refractivity contribution is -0.141. The van der Waals surface area contributed by atoms with Crippen LogP contribution in [-0.2, 0) is 9.59 Å². The normalized spacial score (nSPS) is 12.5. The zero-order valence-electron chi connectivity index (χ0n) is 6.75. The fraction of sp³-hybridized carbons (Fsp3) is 0.750. The molecule has 0 fully saturated rings. The maximum absolute atomic E-state index is 10.3. The van der Waals surface area contributed by atoms with Crippen LogP contribution < -0.4 is 0 Å². The Kier molecular flexibility index (Phi) is 5.43. The number of carbonyl (C=O) groups excluding carboxylic acids is 1. The van der Waals surface area contributed by atoms with Crippen LogP contribution in [0.5, 0.6) is 0 Å². The zero-order valence-corrected chi connectivity index (χ0v) is 6.75. The summed E-state index contributed by atoms with van der Waals surface area (Å²) in [6, 6.07) is 0. The summed E-state index contributed by atoms with van der Waals surface area (Å²) in [6.07, 6.45) is 3.72. The Bertz CT molecular complexity index is 131. The highest BCUT2D eigenvalue weighted by Gasteiger charge is 2.08. The van der Waals surface area contributed by atoms with Gasteiger partial charge in [-0.2, -0.15) is 0 Å². The second-order valence-corrected chi connectivity index (χ2v) is 2.69. The van der Waals surface area contributed by atoms with Gasteiger partial charge in [0.2, 0.25) is 0 Å². The van der Waals surface area contributed by atoms with E-state index in [1.54, 1.807) is 6.92 Å². The third-order valence-corrected chi connectivity index (χ3v) is 1.63. The molecule has 0 spiro atoms. The lowest BCUT2D eigenvalue weighted by Crippen LogP contribution is -2.08. The summed E-state index contributed by atoms with van der Waals surface area (Å²) in [6.45, 7) is 1.68. The molecule has 3 nitrogen and oxygen atoms in total. The van der Waals surface area contributed by atoms with Gasteiger partial charge in [-0.25, -0.2) is 0 Å². The number of aldehydes is 1. The third-order valence-electron chi connectivity index (χ3n) is 1.63. The van der Waals surface area contributed by atoms with Crippen molar-refractivity contribution in [2.45, 2.75) is 32.6 Å². The Morgan fingerprint density at radius 2 is 2.18 bits per heavy atom.